The number of nitrogens with one attached hydrogen (secondary N) is 1. The number of ether oxygens (including phenoxy) is 2. The van der Waals surface area contributed by atoms with Crippen molar-refractivity contribution >= 4 is 5.91 Å². The monoisotopic (exact) mass is 1350 g/mol. The number of allylic oxidation sites excluding steroid dienone is 4. The number of carbonyl (C=O) groups excluding carboxylic acids is 1. The summed E-state index contributed by atoms with van der Waals surface area (Å²) in [6, 6.07) is -1.17. The van der Waals surface area contributed by atoms with Gasteiger partial charge in [0.25, 0.3) is 0 Å². The highest BCUT2D eigenvalue weighted by molar-refractivity contribution is 5.80. The van der Waals surface area contributed by atoms with E-state index in [1.165, 1.54) is 353 Å². The van der Waals surface area contributed by atoms with Crippen LogP contribution in [0.2, 0.25) is 0 Å². The Morgan fingerprint density at radius 3 is 0.937 bits per heavy atom. The number of hydrogen-bond acceptors (Lipinski definition) is 10. The molecule has 1 amide bonds. The van der Waals surface area contributed by atoms with Crippen molar-refractivity contribution in [3.8, 4) is 0 Å². The van der Waals surface area contributed by atoms with Gasteiger partial charge in [0.05, 0.1) is 25.4 Å². The second-order valence-electron chi connectivity index (χ2n) is 29.9. The summed E-state index contributed by atoms with van der Waals surface area (Å²) in [6.45, 7) is 3.54. The summed E-state index contributed by atoms with van der Waals surface area (Å²) in [6.07, 6.45) is 83.1. The summed E-state index contributed by atoms with van der Waals surface area (Å²) in [5.41, 5.74) is 0. The molecule has 0 bridgehead atoms. The molecule has 11 heteroatoms. The van der Waals surface area contributed by atoms with Crippen molar-refractivity contribution in [1.29, 1.82) is 0 Å². The van der Waals surface area contributed by atoms with Crippen molar-refractivity contribution in [1.82, 2.24) is 5.32 Å². The normalized spacial score (nSPS) is 18.2. The first-order chi connectivity index (χ1) is 46.7. The minimum absolute atomic E-state index is 0.263. The van der Waals surface area contributed by atoms with Gasteiger partial charge >= 0.3 is 0 Å². The van der Waals surface area contributed by atoms with E-state index in [9.17, 15) is 40.5 Å². The minimum atomic E-state index is -1.66. The molecule has 1 heterocycles. The van der Waals surface area contributed by atoms with Crippen LogP contribution in [0.4, 0.5) is 0 Å². The molecule has 8 N–H and O–H groups in total. The molecule has 0 aliphatic carbocycles. The number of rotatable bonds is 76. The fourth-order valence-electron chi connectivity index (χ4n) is 14.1. The minimum Gasteiger partial charge on any atom is -0.394 e. The van der Waals surface area contributed by atoms with Crippen LogP contribution in [0.5, 0.6) is 0 Å². The van der Waals surface area contributed by atoms with Gasteiger partial charge in [-0.15, -0.1) is 0 Å². The number of carbonyl (C=O) groups is 1. The summed E-state index contributed by atoms with van der Waals surface area (Å²) in [5, 5.41) is 76.8. The van der Waals surface area contributed by atoms with Gasteiger partial charge in [-0.25, -0.2) is 0 Å². The molecular formula is C84H163NO10. The van der Waals surface area contributed by atoms with Crippen LogP contribution in [0.3, 0.4) is 0 Å². The van der Waals surface area contributed by atoms with Gasteiger partial charge in [-0.05, 0) is 44.9 Å². The zero-order valence-corrected chi connectivity index (χ0v) is 62.9. The number of amides is 1. The Hall–Kier alpha value is -1.41. The van der Waals surface area contributed by atoms with E-state index in [4.69, 9.17) is 9.47 Å². The van der Waals surface area contributed by atoms with Crippen molar-refractivity contribution in [2.75, 3.05) is 13.2 Å². The molecule has 0 aromatic heterocycles. The van der Waals surface area contributed by atoms with Crippen LogP contribution in [0.1, 0.15) is 438 Å². The smallest absolute Gasteiger partial charge is 0.249 e. The lowest BCUT2D eigenvalue weighted by Crippen LogP contribution is -2.60. The predicted octanol–water partition coefficient (Wildman–Crippen LogP) is 22.3. The Morgan fingerprint density at radius 2 is 0.642 bits per heavy atom. The third kappa shape index (κ3) is 58.9. The quantitative estimate of drug-likeness (QED) is 0.0215. The fraction of sp³-hybridized carbons (Fsp3) is 0.940. The Labute approximate surface area is 588 Å². The SMILES string of the molecule is CCCCCCCCCCCCCCCCC/C=C\C/C=C\CCCCCCCCCCCCCCCCCCC(O)C(=O)NC(COC1OC(CO)C(O)C(O)C1O)C(O)C(O)CCCCCCCCCCCCCCCCCCCCCCCCCCCCCCCC. The Bertz CT molecular complexity index is 1600. The molecule has 1 rings (SSSR count). The van der Waals surface area contributed by atoms with Crippen LogP contribution in [-0.2, 0) is 14.3 Å². The van der Waals surface area contributed by atoms with E-state index in [1.54, 1.807) is 0 Å². The number of unbranched alkanes of at least 4 members (excludes halogenated alkanes) is 60. The average Bonchev–Trinajstić information content (AvgIpc) is 0.832. The third-order valence-corrected chi connectivity index (χ3v) is 20.8. The van der Waals surface area contributed by atoms with Gasteiger partial charge in [0.15, 0.2) is 6.29 Å². The third-order valence-electron chi connectivity index (χ3n) is 20.8. The summed E-state index contributed by atoms with van der Waals surface area (Å²) in [7, 11) is 0. The first-order valence-corrected chi connectivity index (χ1v) is 42.2. The van der Waals surface area contributed by atoms with E-state index in [-0.39, 0.29) is 6.42 Å². The summed E-state index contributed by atoms with van der Waals surface area (Å²) in [4.78, 5) is 13.3. The molecule has 9 unspecified atom stereocenters. The molecule has 9 atom stereocenters. The molecule has 11 nitrogen and oxygen atoms in total. The molecule has 0 aromatic rings. The van der Waals surface area contributed by atoms with Crippen LogP contribution in [0, 0.1) is 0 Å². The van der Waals surface area contributed by atoms with Gasteiger partial charge in [0.1, 0.15) is 36.6 Å². The lowest BCUT2D eigenvalue weighted by molar-refractivity contribution is -0.303. The molecule has 1 aliphatic rings. The molecule has 0 aromatic carbocycles. The maximum atomic E-state index is 13.3. The lowest BCUT2D eigenvalue weighted by atomic mass is 9.98. The molecule has 1 fully saturated rings. The van der Waals surface area contributed by atoms with Gasteiger partial charge in [-0.2, -0.15) is 0 Å². The Balaban J connectivity index is 2.10. The maximum Gasteiger partial charge on any atom is 0.249 e. The largest absolute Gasteiger partial charge is 0.394 e. The second kappa shape index (κ2) is 72.4. The molecule has 0 radical (unpaired) electrons. The number of aliphatic hydroxyl groups excluding tert-OH is 7. The van der Waals surface area contributed by atoms with Crippen LogP contribution in [0.25, 0.3) is 0 Å². The topological polar surface area (TPSA) is 189 Å². The van der Waals surface area contributed by atoms with Gasteiger partial charge < -0.3 is 50.5 Å². The van der Waals surface area contributed by atoms with Crippen LogP contribution in [0.15, 0.2) is 24.3 Å². The lowest BCUT2D eigenvalue weighted by Gasteiger charge is -2.40. The molecule has 1 aliphatic heterocycles. The predicted molar refractivity (Wildman–Crippen MR) is 404 cm³/mol. The number of hydrogen-bond donors (Lipinski definition) is 8. The van der Waals surface area contributed by atoms with Gasteiger partial charge in [0, 0.05) is 0 Å². The van der Waals surface area contributed by atoms with E-state index in [2.05, 4.69) is 43.5 Å². The maximum absolute atomic E-state index is 13.3. The second-order valence-corrected chi connectivity index (χ2v) is 29.9. The molecule has 0 saturated carbocycles. The summed E-state index contributed by atoms with van der Waals surface area (Å²) < 4.78 is 11.2. The van der Waals surface area contributed by atoms with Crippen LogP contribution >= 0.6 is 0 Å². The summed E-state index contributed by atoms with van der Waals surface area (Å²) >= 11 is 0. The fourth-order valence-corrected chi connectivity index (χ4v) is 14.1. The standard InChI is InChI=1S/C84H163NO10/c1-3-5-7-9-11-13-15-17-19-21-23-25-27-29-31-33-35-36-37-38-39-40-41-42-44-46-48-50-52-54-56-58-60-62-64-66-68-70-72-77(88)83(93)85-75(74-94-84-82(92)81(91)80(90)78(73-86)95-84)79(89)76(87)71-69-67-65-63-61-59-57-55-53-51-49-47-45-43-34-32-30-28-26-24-22-20-18-16-14-12-10-8-6-4-2/h35-36,38-39,75-82,84,86-92H,3-34,37,40-74H2,1-2H3,(H,85,93)/b36-35-,39-38-. The van der Waals surface area contributed by atoms with Crippen molar-refractivity contribution < 1.29 is 50.0 Å². The zero-order valence-electron chi connectivity index (χ0n) is 62.9. The van der Waals surface area contributed by atoms with Crippen LogP contribution < -0.4 is 5.32 Å². The molecule has 95 heavy (non-hydrogen) atoms. The van der Waals surface area contributed by atoms with Crippen molar-refractivity contribution in [3.05, 3.63) is 24.3 Å². The molecular weight excluding hydrogens is 1180 g/mol. The molecule has 1 saturated heterocycles. The van der Waals surface area contributed by atoms with E-state index in [0.29, 0.717) is 19.3 Å². The first kappa shape index (κ1) is 91.6. The van der Waals surface area contributed by atoms with E-state index >= 15 is 0 Å². The van der Waals surface area contributed by atoms with Gasteiger partial charge in [0.2, 0.25) is 5.91 Å². The Morgan fingerprint density at radius 1 is 0.368 bits per heavy atom. The average molecular weight is 1350 g/mol. The van der Waals surface area contributed by atoms with E-state index in [0.717, 1.165) is 44.9 Å². The summed E-state index contributed by atoms with van der Waals surface area (Å²) in [5.74, 6) is -0.688. The van der Waals surface area contributed by atoms with Crippen molar-refractivity contribution in [2.24, 2.45) is 0 Å². The highest BCUT2D eigenvalue weighted by Crippen LogP contribution is 2.25. The van der Waals surface area contributed by atoms with E-state index < -0.39 is 74.2 Å². The first-order valence-electron chi connectivity index (χ1n) is 42.2. The molecule has 0 spiro atoms. The highest BCUT2D eigenvalue weighted by Gasteiger charge is 2.44. The van der Waals surface area contributed by atoms with Crippen molar-refractivity contribution in [2.45, 2.75) is 493 Å². The van der Waals surface area contributed by atoms with Gasteiger partial charge in [-0.1, -0.05) is 417 Å². The van der Waals surface area contributed by atoms with Crippen molar-refractivity contribution in [3.63, 3.8) is 0 Å². The number of aliphatic hydroxyl groups is 7. The van der Waals surface area contributed by atoms with Gasteiger partial charge in [-0.3, -0.25) is 4.79 Å². The zero-order chi connectivity index (χ0) is 68.8. The Kier molecular flexibility index (Phi) is 69.8. The van der Waals surface area contributed by atoms with E-state index in [1.807, 2.05) is 0 Å². The molecule has 564 valence electrons. The van der Waals surface area contributed by atoms with Crippen LogP contribution in [-0.4, -0.2) is 110 Å². The highest BCUT2D eigenvalue weighted by atomic mass is 16.7.